The Balaban J connectivity index is 1.86. The molecule has 2 aliphatic rings. The van der Waals surface area contributed by atoms with Gasteiger partial charge in [0.1, 0.15) is 0 Å². The summed E-state index contributed by atoms with van der Waals surface area (Å²) in [5.41, 5.74) is 5.10. The van der Waals surface area contributed by atoms with Gasteiger partial charge in [-0.15, -0.1) is 0 Å². The lowest BCUT2D eigenvalue weighted by atomic mass is 9.26. The van der Waals surface area contributed by atoms with Crippen molar-refractivity contribution in [3.8, 4) is 0 Å². The molecular weight excluding hydrogens is 296 g/mol. The third-order valence-electron chi connectivity index (χ3n) is 6.99. The summed E-state index contributed by atoms with van der Waals surface area (Å²) in [5, 5.41) is 20.2. The van der Waals surface area contributed by atoms with E-state index in [9.17, 15) is 10.2 Å². The first-order chi connectivity index (χ1) is 11.6. The van der Waals surface area contributed by atoms with E-state index in [0.717, 1.165) is 12.8 Å². The molecule has 0 heterocycles. The van der Waals surface area contributed by atoms with Crippen molar-refractivity contribution in [2.45, 2.75) is 37.5 Å². The number of aliphatic hydroxyl groups is 2. The summed E-state index contributed by atoms with van der Waals surface area (Å²) in [6, 6.07) is 17.6. The maximum absolute atomic E-state index is 10.1. The third-order valence-corrected chi connectivity index (χ3v) is 6.99. The Labute approximate surface area is 144 Å². The number of fused-ring (bicyclic) bond motifs is 1. The molecule has 2 fully saturated rings. The van der Waals surface area contributed by atoms with E-state index in [0.29, 0.717) is 0 Å². The van der Waals surface area contributed by atoms with Crippen LogP contribution in [0.1, 0.15) is 35.1 Å². The Kier molecular flexibility index (Phi) is 3.59. The molecule has 0 bridgehead atoms. The Hall–Kier alpha value is -1.64. The summed E-state index contributed by atoms with van der Waals surface area (Å²) in [5.74, 6) is 0.278. The molecule has 0 radical (unpaired) electrons. The second-order valence-electron chi connectivity index (χ2n) is 7.75. The van der Waals surface area contributed by atoms with Crippen molar-refractivity contribution in [2.75, 3.05) is 13.2 Å². The first kappa shape index (κ1) is 15.9. The monoisotopic (exact) mass is 322 g/mol. The molecule has 126 valence electrons. The van der Waals surface area contributed by atoms with Gasteiger partial charge < -0.3 is 10.2 Å². The second-order valence-corrected chi connectivity index (χ2v) is 7.75. The van der Waals surface area contributed by atoms with Gasteiger partial charge in [-0.2, -0.15) is 0 Å². The molecule has 2 aromatic rings. The van der Waals surface area contributed by atoms with Gasteiger partial charge in [-0.25, -0.2) is 0 Å². The van der Waals surface area contributed by atoms with Crippen molar-refractivity contribution < 1.29 is 10.2 Å². The lowest BCUT2D eigenvalue weighted by molar-refractivity contribution is -0.199. The number of aryl methyl sites for hydroxylation is 2. The zero-order valence-electron chi connectivity index (χ0n) is 14.5. The summed E-state index contributed by atoms with van der Waals surface area (Å²) in [6.45, 7) is 4.51. The zero-order chi connectivity index (χ0) is 16.9. The molecule has 4 atom stereocenters. The SMILES string of the molecule is Cc1ccc([C@]23CC[C@@]2(c2ccc(C)cc2)[C@@H](CO)[C@@H]3CO)cc1. The summed E-state index contributed by atoms with van der Waals surface area (Å²) in [4.78, 5) is 0. The van der Waals surface area contributed by atoms with Crippen LogP contribution in [0.15, 0.2) is 48.5 Å². The van der Waals surface area contributed by atoms with Crippen LogP contribution in [0.5, 0.6) is 0 Å². The van der Waals surface area contributed by atoms with E-state index in [1.165, 1.54) is 22.3 Å². The standard InChI is InChI=1S/C22H26O2/c1-15-3-7-17(8-4-15)21-11-12-22(21,20(14-24)19(21)13-23)18-9-5-16(2)6-10-18/h3-10,19-20,23-24H,11-14H2,1-2H3/t19-,20-,21-,22+/m0/s1. The van der Waals surface area contributed by atoms with E-state index in [1.54, 1.807) is 0 Å². The van der Waals surface area contributed by atoms with Gasteiger partial charge >= 0.3 is 0 Å². The number of rotatable bonds is 4. The first-order valence-electron chi connectivity index (χ1n) is 8.96. The maximum atomic E-state index is 10.1. The number of hydrogen-bond acceptors (Lipinski definition) is 2. The van der Waals surface area contributed by atoms with E-state index in [4.69, 9.17) is 0 Å². The average Bonchev–Trinajstić information content (AvgIpc) is 2.59. The minimum atomic E-state index is -0.0297. The van der Waals surface area contributed by atoms with Crippen LogP contribution in [0.25, 0.3) is 0 Å². The Morgan fingerprint density at radius 1 is 0.708 bits per heavy atom. The molecular formula is C22H26O2. The topological polar surface area (TPSA) is 40.5 Å². The molecule has 0 amide bonds. The van der Waals surface area contributed by atoms with E-state index in [-0.39, 0.29) is 35.9 Å². The summed E-state index contributed by atoms with van der Waals surface area (Å²) in [6.07, 6.45) is 2.18. The van der Waals surface area contributed by atoms with Gasteiger partial charge in [0.15, 0.2) is 0 Å². The van der Waals surface area contributed by atoms with Crippen LogP contribution in [0.2, 0.25) is 0 Å². The largest absolute Gasteiger partial charge is 0.396 e. The molecule has 2 N–H and O–H groups in total. The molecule has 2 saturated carbocycles. The van der Waals surface area contributed by atoms with Gasteiger partial charge in [0, 0.05) is 24.0 Å². The van der Waals surface area contributed by atoms with Crippen LogP contribution in [0, 0.1) is 25.7 Å². The fourth-order valence-corrected chi connectivity index (χ4v) is 5.79. The van der Waals surface area contributed by atoms with Crippen LogP contribution in [-0.2, 0) is 10.8 Å². The lowest BCUT2D eigenvalue weighted by Gasteiger charge is -2.77. The fourth-order valence-electron chi connectivity index (χ4n) is 5.79. The molecule has 4 rings (SSSR count). The molecule has 2 heteroatoms. The Bertz CT molecular complexity index is 668. The molecule has 0 saturated heterocycles. The van der Waals surface area contributed by atoms with Gasteiger partial charge in [0.2, 0.25) is 0 Å². The smallest absolute Gasteiger partial charge is 0.0471 e. The van der Waals surface area contributed by atoms with Crippen molar-refractivity contribution in [1.29, 1.82) is 0 Å². The highest BCUT2D eigenvalue weighted by atomic mass is 16.3. The van der Waals surface area contributed by atoms with E-state index in [2.05, 4.69) is 62.4 Å². The molecule has 2 aliphatic carbocycles. The van der Waals surface area contributed by atoms with Gasteiger partial charge in [0.05, 0.1) is 0 Å². The maximum Gasteiger partial charge on any atom is 0.0471 e. The summed E-state index contributed by atoms with van der Waals surface area (Å²) >= 11 is 0. The molecule has 0 unspecified atom stereocenters. The second kappa shape index (κ2) is 5.44. The molecule has 2 nitrogen and oxygen atoms in total. The molecule has 0 spiro atoms. The average molecular weight is 322 g/mol. The number of aliphatic hydroxyl groups excluding tert-OH is 2. The van der Waals surface area contributed by atoms with E-state index < -0.39 is 0 Å². The van der Waals surface area contributed by atoms with Crippen LogP contribution < -0.4 is 0 Å². The lowest BCUT2D eigenvalue weighted by Crippen LogP contribution is -2.78. The van der Waals surface area contributed by atoms with Gasteiger partial charge in [-0.05, 0) is 49.7 Å². The van der Waals surface area contributed by atoms with Crippen LogP contribution >= 0.6 is 0 Å². The van der Waals surface area contributed by atoms with Crippen LogP contribution in [0.3, 0.4) is 0 Å². The third kappa shape index (κ3) is 1.73. The van der Waals surface area contributed by atoms with E-state index in [1.807, 2.05) is 0 Å². The predicted molar refractivity (Wildman–Crippen MR) is 96.1 cm³/mol. The zero-order valence-corrected chi connectivity index (χ0v) is 14.5. The van der Waals surface area contributed by atoms with Gasteiger partial charge in [-0.3, -0.25) is 0 Å². The molecule has 0 aromatic heterocycles. The highest BCUT2D eigenvalue weighted by molar-refractivity contribution is 5.52. The fraction of sp³-hybridized carbons (Fsp3) is 0.455. The Morgan fingerprint density at radius 2 is 1.04 bits per heavy atom. The molecule has 0 aliphatic heterocycles. The van der Waals surface area contributed by atoms with Gasteiger partial charge in [0.25, 0.3) is 0 Å². The van der Waals surface area contributed by atoms with E-state index >= 15 is 0 Å². The molecule has 24 heavy (non-hydrogen) atoms. The van der Waals surface area contributed by atoms with Crippen molar-refractivity contribution >= 4 is 0 Å². The molecule has 2 aromatic carbocycles. The van der Waals surface area contributed by atoms with Crippen LogP contribution in [0.4, 0.5) is 0 Å². The summed E-state index contributed by atoms with van der Waals surface area (Å²) < 4.78 is 0. The highest BCUT2D eigenvalue weighted by Crippen LogP contribution is 2.76. The van der Waals surface area contributed by atoms with Crippen molar-refractivity contribution in [3.05, 3.63) is 70.8 Å². The van der Waals surface area contributed by atoms with Crippen molar-refractivity contribution in [3.63, 3.8) is 0 Å². The number of benzene rings is 2. The summed E-state index contributed by atoms with van der Waals surface area (Å²) in [7, 11) is 0. The normalized spacial score (nSPS) is 34.2. The minimum absolute atomic E-state index is 0.0297. The Morgan fingerprint density at radius 3 is 1.29 bits per heavy atom. The predicted octanol–water partition coefficient (Wildman–Crippen LogP) is 3.50. The first-order valence-corrected chi connectivity index (χ1v) is 8.96. The van der Waals surface area contributed by atoms with Crippen molar-refractivity contribution in [2.24, 2.45) is 11.8 Å². The van der Waals surface area contributed by atoms with Crippen molar-refractivity contribution in [1.82, 2.24) is 0 Å². The quantitative estimate of drug-likeness (QED) is 0.904. The van der Waals surface area contributed by atoms with Crippen LogP contribution in [-0.4, -0.2) is 23.4 Å². The van der Waals surface area contributed by atoms with Gasteiger partial charge in [-0.1, -0.05) is 59.7 Å². The highest BCUT2D eigenvalue weighted by Gasteiger charge is 2.76. The number of hydrogen-bond donors (Lipinski definition) is 2. The minimum Gasteiger partial charge on any atom is -0.396 e.